The van der Waals surface area contributed by atoms with Crippen molar-refractivity contribution in [2.45, 2.75) is 68.9 Å². The summed E-state index contributed by atoms with van der Waals surface area (Å²) in [6.07, 6.45) is -1.93. The van der Waals surface area contributed by atoms with Crippen LogP contribution in [-0.2, 0) is 22.7 Å². The molecule has 234 valence electrons. The van der Waals surface area contributed by atoms with Gasteiger partial charge in [-0.2, -0.15) is 0 Å². The Kier molecular flexibility index (Phi) is 8.97. The smallest absolute Gasteiger partial charge is 0.192 e. The number of nitrogens with one attached hydrogen (secondary N) is 2. The van der Waals surface area contributed by atoms with E-state index in [9.17, 15) is 30.3 Å². The van der Waals surface area contributed by atoms with Crippen LogP contribution < -0.4 is 15.5 Å². The summed E-state index contributed by atoms with van der Waals surface area (Å²) in [5.41, 5.74) is -0.820. The monoisotopic (exact) mass is 601 g/mol. The van der Waals surface area contributed by atoms with Gasteiger partial charge in [0.15, 0.2) is 5.43 Å². The van der Waals surface area contributed by atoms with Crippen molar-refractivity contribution in [3.05, 3.63) is 64.3 Å². The number of H-pyrrole nitrogens is 1. The van der Waals surface area contributed by atoms with Crippen molar-refractivity contribution >= 4 is 22.0 Å². The molecule has 7 N–H and O–H groups in total. The Labute approximate surface area is 247 Å². The molecule has 1 aliphatic rings. The number of nitrogens with zero attached hydrogens (tertiary/aromatic N) is 1. The fourth-order valence-corrected chi connectivity index (χ4v) is 5.63. The number of aromatic amines is 1. The molecule has 0 saturated heterocycles. The Hall–Kier alpha value is -3.27. The number of aromatic nitrogens is 2. The van der Waals surface area contributed by atoms with E-state index in [1.54, 1.807) is 48.1 Å². The zero-order valence-electron chi connectivity index (χ0n) is 24.3. The Morgan fingerprint density at radius 2 is 2.05 bits per heavy atom. The number of benzene rings is 1. The van der Waals surface area contributed by atoms with Gasteiger partial charge in [0.2, 0.25) is 0 Å². The molecule has 6 unspecified atom stereocenters. The zero-order valence-corrected chi connectivity index (χ0v) is 24.3. The topological polar surface area (TPSA) is 192 Å². The lowest BCUT2D eigenvalue weighted by atomic mass is 9.86. The fraction of sp³-hybridized carbons (Fsp3) is 0.500. The molecule has 0 bridgehead atoms. The summed E-state index contributed by atoms with van der Waals surface area (Å²) in [6.45, 7) is 2.40. The van der Waals surface area contributed by atoms with Crippen LogP contribution in [0.2, 0.25) is 0 Å². The summed E-state index contributed by atoms with van der Waals surface area (Å²) >= 11 is 0. The van der Waals surface area contributed by atoms with Crippen molar-refractivity contribution in [1.29, 1.82) is 0 Å². The number of ether oxygens (including phenoxy) is 1. The second kappa shape index (κ2) is 12.4. The van der Waals surface area contributed by atoms with Crippen LogP contribution in [0.5, 0.6) is 5.75 Å². The van der Waals surface area contributed by atoms with Crippen LogP contribution in [-0.4, -0.2) is 97.5 Å². The highest BCUT2D eigenvalue weighted by atomic mass is 17.2. The Morgan fingerprint density at radius 3 is 2.79 bits per heavy atom. The maximum absolute atomic E-state index is 12.6. The Bertz CT molecular complexity index is 1610. The van der Waals surface area contributed by atoms with Gasteiger partial charge in [-0.1, -0.05) is 0 Å². The van der Waals surface area contributed by atoms with Gasteiger partial charge in [-0.05, 0) is 51.2 Å². The molecule has 1 aromatic carbocycles. The molecule has 6 atom stereocenters. The van der Waals surface area contributed by atoms with Crippen molar-refractivity contribution in [1.82, 2.24) is 14.9 Å². The molecule has 1 aliphatic heterocycles. The first-order valence-corrected chi connectivity index (χ1v) is 14.2. The number of hydrogen-bond donors (Lipinski definition) is 7. The molecule has 0 saturated carbocycles. The van der Waals surface area contributed by atoms with Crippen molar-refractivity contribution < 1.29 is 44.5 Å². The predicted molar refractivity (Wildman–Crippen MR) is 156 cm³/mol. The van der Waals surface area contributed by atoms with E-state index in [0.717, 1.165) is 5.52 Å². The van der Waals surface area contributed by atoms with Crippen LogP contribution in [0.25, 0.3) is 22.0 Å². The predicted octanol–water partition coefficient (Wildman–Crippen LogP) is 0.510. The average molecular weight is 602 g/mol. The van der Waals surface area contributed by atoms with E-state index in [1.807, 2.05) is 14.0 Å². The second-order valence-electron chi connectivity index (χ2n) is 11.4. The van der Waals surface area contributed by atoms with Crippen molar-refractivity contribution in [3.8, 4) is 5.75 Å². The van der Waals surface area contributed by atoms with Gasteiger partial charge in [0.1, 0.15) is 59.3 Å². The molecule has 4 aromatic rings. The standard InChI is InChI=1S/C30H39N3O10/c1-17-10-22(35)19-11-18-12-27(29(2,6-8-31-3)42-24(18)13-25(19)41-17)43-40-15-26(37)30(39,28(38)23(36)14-34)16-33-9-5-20-21(33)4-7-32-20/h4-5,7,9-11,13,23,26-28,31-32,34,36-39H,6,8,12,14-16H2,1-3H3. The molecule has 0 radical (unpaired) electrons. The lowest BCUT2D eigenvalue weighted by molar-refractivity contribution is -0.365. The van der Waals surface area contributed by atoms with E-state index in [-0.39, 0.29) is 12.0 Å². The lowest BCUT2D eigenvalue weighted by Crippen LogP contribution is -2.61. The maximum atomic E-state index is 12.6. The molecule has 5 rings (SSSR count). The first kappa shape index (κ1) is 31.2. The SMILES string of the molecule is CNCCC1(C)Oc2cc3oc(C)cc(=O)c3cc2CC1OOCC(O)C(O)(Cn1ccc2[nH]ccc21)C(O)C(O)CO. The van der Waals surface area contributed by atoms with Gasteiger partial charge in [-0.15, -0.1) is 0 Å². The number of fused-ring (bicyclic) bond motifs is 3. The van der Waals surface area contributed by atoms with Gasteiger partial charge in [-0.3, -0.25) is 4.79 Å². The fourth-order valence-electron chi connectivity index (χ4n) is 5.63. The molecular weight excluding hydrogens is 562 g/mol. The van der Waals surface area contributed by atoms with E-state index in [0.29, 0.717) is 52.9 Å². The molecule has 0 spiro atoms. The summed E-state index contributed by atoms with van der Waals surface area (Å²) in [4.78, 5) is 26.9. The van der Waals surface area contributed by atoms with Gasteiger partial charge in [0.05, 0.1) is 29.6 Å². The number of aliphatic hydroxyl groups excluding tert-OH is 4. The highest BCUT2D eigenvalue weighted by Gasteiger charge is 2.48. The second-order valence-corrected chi connectivity index (χ2v) is 11.4. The van der Waals surface area contributed by atoms with Crippen LogP contribution in [0.1, 0.15) is 24.7 Å². The molecular formula is C30H39N3O10. The van der Waals surface area contributed by atoms with E-state index in [2.05, 4.69) is 10.3 Å². The number of hydrogen-bond acceptors (Lipinski definition) is 11. The Morgan fingerprint density at radius 1 is 1.26 bits per heavy atom. The molecule has 0 amide bonds. The number of rotatable bonds is 13. The molecule has 13 nitrogen and oxygen atoms in total. The van der Waals surface area contributed by atoms with E-state index >= 15 is 0 Å². The quantitative estimate of drug-likeness (QED) is 0.0834. The highest BCUT2D eigenvalue weighted by molar-refractivity contribution is 5.80. The van der Waals surface area contributed by atoms with Gasteiger partial charge >= 0.3 is 0 Å². The molecule has 43 heavy (non-hydrogen) atoms. The van der Waals surface area contributed by atoms with Gasteiger partial charge < -0.3 is 49.6 Å². The van der Waals surface area contributed by atoms with E-state index in [4.69, 9.17) is 18.9 Å². The normalized spacial score (nSPS) is 22.2. The first-order chi connectivity index (χ1) is 20.5. The summed E-state index contributed by atoms with van der Waals surface area (Å²) < 4.78 is 13.8. The summed E-state index contributed by atoms with van der Waals surface area (Å²) in [6, 6.07) is 8.36. The van der Waals surface area contributed by atoms with Crippen molar-refractivity contribution in [2.75, 3.05) is 26.8 Å². The van der Waals surface area contributed by atoms with Crippen LogP contribution in [0.3, 0.4) is 0 Å². The molecule has 3 aromatic heterocycles. The van der Waals surface area contributed by atoms with Crippen LogP contribution in [0.4, 0.5) is 0 Å². The minimum absolute atomic E-state index is 0.176. The van der Waals surface area contributed by atoms with Gasteiger partial charge in [0, 0.05) is 37.4 Å². The summed E-state index contributed by atoms with van der Waals surface area (Å²) in [5, 5.41) is 56.6. The largest absolute Gasteiger partial charge is 0.484 e. The van der Waals surface area contributed by atoms with Crippen molar-refractivity contribution in [3.63, 3.8) is 0 Å². The van der Waals surface area contributed by atoms with Crippen molar-refractivity contribution in [2.24, 2.45) is 0 Å². The zero-order chi connectivity index (χ0) is 30.9. The molecule has 0 fully saturated rings. The summed E-state index contributed by atoms with van der Waals surface area (Å²) in [7, 11) is 1.81. The Balaban J connectivity index is 1.36. The van der Waals surface area contributed by atoms with Crippen LogP contribution in [0.15, 0.2) is 51.9 Å². The first-order valence-electron chi connectivity index (χ1n) is 14.2. The molecule has 13 heteroatoms. The van der Waals surface area contributed by atoms with E-state index in [1.165, 1.54) is 6.07 Å². The third-order valence-corrected chi connectivity index (χ3v) is 8.30. The number of aryl methyl sites for hydroxylation is 1. The highest BCUT2D eigenvalue weighted by Crippen LogP contribution is 2.39. The lowest BCUT2D eigenvalue weighted by Gasteiger charge is -2.42. The van der Waals surface area contributed by atoms with Crippen LogP contribution >= 0.6 is 0 Å². The minimum atomic E-state index is -2.34. The van der Waals surface area contributed by atoms with Gasteiger partial charge in [0.25, 0.3) is 0 Å². The minimum Gasteiger partial charge on any atom is -0.484 e. The summed E-state index contributed by atoms with van der Waals surface area (Å²) in [5.74, 6) is 1.04. The van der Waals surface area contributed by atoms with Gasteiger partial charge in [-0.25, -0.2) is 9.78 Å². The molecule has 4 heterocycles. The van der Waals surface area contributed by atoms with E-state index < -0.39 is 48.8 Å². The maximum Gasteiger partial charge on any atom is 0.192 e. The third-order valence-electron chi connectivity index (χ3n) is 8.30. The van der Waals surface area contributed by atoms with Crippen LogP contribution in [0, 0.1) is 6.92 Å². The molecule has 0 aliphatic carbocycles. The third kappa shape index (κ3) is 6.08. The number of aliphatic hydroxyl groups is 5. The average Bonchev–Trinajstić information content (AvgIpc) is 3.60.